The van der Waals surface area contributed by atoms with Crippen LogP contribution in [0, 0.1) is 17.2 Å². The monoisotopic (exact) mass is 553 g/mol. The Morgan fingerprint density at radius 1 is 1.31 bits per heavy atom. The highest BCUT2D eigenvalue weighted by Gasteiger charge is 2.47. The molecule has 1 amide bonds. The van der Waals surface area contributed by atoms with E-state index in [4.69, 9.17) is 23.2 Å². The molecular weight excluding hydrogens is 534 g/mol. The zero-order chi connectivity index (χ0) is 25.8. The molecule has 0 unspecified atom stereocenters. The normalized spacial score (nSPS) is 21.2. The lowest BCUT2D eigenvalue weighted by molar-refractivity contribution is -0.173. The third-order valence-corrected chi connectivity index (χ3v) is 8.53. The molecule has 2 aromatic heterocycles. The van der Waals surface area contributed by atoms with E-state index in [1.807, 2.05) is 0 Å². The predicted octanol–water partition coefficient (Wildman–Crippen LogP) is 7.16. The number of carbonyl (C=O) groups excluding carboxylic acids is 1. The first-order valence-corrected chi connectivity index (χ1v) is 12.9. The third-order valence-electron chi connectivity index (χ3n) is 6.62. The van der Waals surface area contributed by atoms with E-state index in [0.29, 0.717) is 27.1 Å². The number of halogens is 5. The minimum atomic E-state index is -4.59. The number of thiophene rings is 1. The molecule has 3 heterocycles. The van der Waals surface area contributed by atoms with Crippen LogP contribution in [0.15, 0.2) is 24.3 Å². The van der Waals surface area contributed by atoms with Gasteiger partial charge in [0.1, 0.15) is 16.9 Å². The van der Waals surface area contributed by atoms with Gasteiger partial charge in [-0.2, -0.15) is 23.5 Å². The molecular formula is C24H20Cl2F3N5OS. The van der Waals surface area contributed by atoms with Crippen molar-refractivity contribution in [2.75, 3.05) is 10.6 Å². The number of nitrogens with zero attached hydrogens (tertiary/aromatic N) is 3. The fourth-order valence-electron chi connectivity index (χ4n) is 4.76. The number of hydrogen-bond acceptors (Lipinski definition) is 5. The Bertz CT molecular complexity index is 1390. The van der Waals surface area contributed by atoms with Crippen molar-refractivity contribution in [3.63, 3.8) is 0 Å². The lowest BCUT2D eigenvalue weighted by atomic mass is 9.89. The van der Waals surface area contributed by atoms with Gasteiger partial charge in [0, 0.05) is 17.4 Å². The first-order valence-electron chi connectivity index (χ1n) is 11.3. The van der Waals surface area contributed by atoms with Gasteiger partial charge < -0.3 is 10.6 Å². The van der Waals surface area contributed by atoms with Gasteiger partial charge in [0.15, 0.2) is 11.7 Å². The second-order valence-corrected chi connectivity index (χ2v) is 11.1. The van der Waals surface area contributed by atoms with E-state index >= 15 is 0 Å². The number of benzene rings is 1. The molecule has 0 bridgehead atoms. The Labute approximate surface area is 219 Å². The fraction of sp³-hybridized carbons (Fsp3) is 0.375. The Kier molecular flexibility index (Phi) is 6.43. The summed E-state index contributed by atoms with van der Waals surface area (Å²) in [5, 5.41) is 20.4. The Balaban J connectivity index is 1.45. The lowest BCUT2D eigenvalue weighted by Gasteiger charge is -2.33. The Morgan fingerprint density at radius 2 is 2.08 bits per heavy atom. The van der Waals surface area contributed by atoms with Crippen LogP contribution in [0.25, 0.3) is 0 Å². The van der Waals surface area contributed by atoms with E-state index in [0.717, 1.165) is 34.4 Å². The minimum absolute atomic E-state index is 0.0598. The molecule has 0 radical (unpaired) electrons. The minimum Gasteiger partial charge on any atom is -0.363 e. The summed E-state index contributed by atoms with van der Waals surface area (Å²) in [6, 6.07) is 5.47. The quantitative estimate of drug-likeness (QED) is 0.360. The summed E-state index contributed by atoms with van der Waals surface area (Å²) in [5.41, 5.74) is 1.73. The van der Waals surface area contributed by atoms with Gasteiger partial charge in [0.05, 0.1) is 21.7 Å². The van der Waals surface area contributed by atoms with Gasteiger partial charge in [-0.3, -0.25) is 4.79 Å². The van der Waals surface area contributed by atoms with E-state index in [1.54, 1.807) is 6.07 Å². The summed E-state index contributed by atoms with van der Waals surface area (Å²) in [4.78, 5) is 14.1. The molecule has 2 N–H and O–H groups in total. The molecule has 0 spiro atoms. The zero-order valence-electron chi connectivity index (χ0n) is 18.9. The van der Waals surface area contributed by atoms with Gasteiger partial charge in [0.2, 0.25) is 0 Å². The van der Waals surface area contributed by atoms with Crippen molar-refractivity contribution in [2.45, 2.75) is 50.9 Å². The summed E-state index contributed by atoms with van der Waals surface area (Å²) in [5.74, 6) is -0.126. The molecule has 0 saturated heterocycles. The molecule has 188 valence electrons. The molecule has 1 aliphatic carbocycles. The summed E-state index contributed by atoms with van der Waals surface area (Å²) < 4.78 is 42.8. The van der Waals surface area contributed by atoms with Crippen LogP contribution in [0.2, 0.25) is 10.0 Å². The first kappa shape index (κ1) is 24.9. The Hall–Kier alpha value is -2.74. The summed E-state index contributed by atoms with van der Waals surface area (Å²) in [6.07, 6.45) is -2.38. The largest absolute Gasteiger partial charge is 0.410 e. The fourth-order valence-corrected chi connectivity index (χ4v) is 6.42. The van der Waals surface area contributed by atoms with Crippen LogP contribution in [-0.2, 0) is 12.8 Å². The maximum absolute atomic E-state index is 14.0. The van der Waals surface area contributed by atoms with Crippen molar-refractivity contribution in [2.24, 2.45) is 5.92 Å². The molecule has 1 aromatic carbocycles. The molecule has 36 heavy (non-hydrogen) atoms. The van der Waals surface area contributed by atoms with Crippen LogP contribution in [0.5, 0.6) is 0 Å². The molecule has 3 atom stereocenters. The van der Waals surface area contributed by atoms with Gasteiger partial charge in [0.25, 0.3) is 5.91 Å². The highest BCUT2D eigenvalue weighted by atomic mass is 35.5. The van der Waals surface area contributed by atoms with E-state index < -0.39 is 24.2 Å². The third kappa shape index (κ3) is 4.56. The summed E-state index contributed by atoms with van der Waals surface area (Å²) in [6.45, 7) is 2.14. The second-order valence-electron chi connectivity index (χ2n) is 9.14. The van der Waals surface area contributed by atoms with Crippen LogP contribution in [-0.4, -0.2) is 21.9 Å². The van der Waals surface area contributed by atoms with Crippen molar-refractivity contribution in [1.82, 2.24) is 9.78 Å². The lowest BCUT2D eigenvalue weighted by Crippen LogP contribution is -2.35. The number of nitrogens with one attached hydrogen (secondary N) is 2. The number of aromatic nitrogens is 2. The summed E-state index contributed by atoms with van der Waals surface area (Å²) >= 11 is 13.4. The average molecular weight is 554 g/mol. The average Bonchev–Trinajstić information content (AvgIpc) is 3.39. The Morgan fingerprint density at radius 3 is 2.78 bits per heavy atom. The number of amides is 1. The first-order chi connectivity index (χ1) is 17.0. The van der Waals surface area contributed by atoms with Gasteiger partial charge >= 0.3 is 6.18 Å². The number of carbonyl (C=O) groups is 1. The molecule has 0 fully saturated rings. The number of alkyl halides is 3. The van der Waals surface area contributed by atoms with Crippen molar-refractivity contribution in [3.8, 4) is 6.07 Å². The molecule has 2 aliphatic rings. The second kappa shape index (κ2) is 9.29. The van der Waals surface area contributed by atoms with Crippen LogP contribution < -0.4 is 10.6 Å². The van der Waals surface area contributed by atoms with Crippen LogP contribution in [0.1, 0.15) is 63.9 Å². The zero-order valence-corrected chi connectivity index (χ0v) is 21.2. The van der Waals surface area contributed by atoms with Crippen molar-refractivity contribution in [1.29, 1.82) is 5.26 Å². The summed E-state index contributed by atoms with van der Waals surface area (Å²) in [7, 11) is 0. The maximum atomic E-state index is 14.0. The van der Waals surface area contributed by atoms with Gasteiger partial charge in [-0.25, -0.2) is 4.68 Å². The molecule has 1 aliphatic heterocycles. The standard InChI is InChI=1S/C24H20Cl2F3N5OS/c1-11-2-4-13-14(10-30)23(36-19(13)6-11)32-22(35)18-9-21-31-17(12-3-5-15(25)16(26)7-12)8-20(24(27,28)29)34(21)33-18/h3,5,7,9,11,17,20,31H,2,4,6,8H2,1H3,(H,32,35)/t11-,17+,20-/m0/s1. The highest BCUT2D eigenvalue weighted by Crippen LogP contribution is 2.44. The molecule has 5 rings (SSSR count). The smallest absolute Gasteiger partial charge is 0.363 e. The van der Waals surface area contributed by atoms with Gasteiger partial charge in [-0.15, -0.1) is 11.3 Å². The van der Waals surface area contributed by atoms with E-state index in [1.165, 1.54) is 29.5 Å². The van der Waals surface area contributed by atoms with Crippen molar-refractivity contribution >= 4 is 51.3 Å². The van der Waals surface area contributed by atoms with Crippen LogP contribution in [0.3, 0.4) is 0 Å². The maximum Gasteiger partial charge on any atom is 0.410 e. The van der Waals surface area contributed by atoms with Gasteiger partial charge in [-0.05, 0) is 48.4 Å². The molecule has 0 saturated carbocycles. The van der Waals surface area contributed by atoms with Crippen LogP contribution >= 0.6 is 34.5 Å². The molecule has 6 nitrogen and oxygen atoms in total. The molecule has 3 aromatic rings. The van der Waals surface area contributed by atoms with E-state index in [9.17, 15) is 23.2 Å². The number of nitriles is 1. The molecule has 12 heteroatoms. The predicted molar refractivity (Wildman–Crippen MR) is 133 cm³/mol. The number of fused-ring (bicyclic) bond motifs is 2. The SMILES string of the molecule is C[C@H]1CCc2c(sc(NC(=O)c3cc4n(n3)[C@H](C(F)(F)F)C[C@H](c3ccc(Cl)c(Cl)c3)N4)c2C#N)C1. The van der Waals surface area contributed by atoms with E-state index in [-0.39, 0.29) is 23.0 Å². The highest BCUT2D eigenvalue weighted by molar-refractivity contribution is 7.16. The van der Waals surface area contributed by atoms with E-state index in [2.05, 4.69) is 28.7 Å². The van der Waals surface area contributed by atoms with Gasteiger partial charge in [-0.1, -0.05) is 36.2 Å². The van der Waals surface area contributed by atoms with Crippen LogP contribution in [0.4, 0.5) is 24.0 Å². The van der Waals surface area contributed by atoms with Crippen molar-refractivity contribution in [3.05, 3.63) is 61.6 Å². The topological polar surface area (TPSA) is 82.7 Å². The number of rotatable bonds is 3. The number of hydrogen-bond donors (Lipinski definition) is 2. The number of anilines is 2. The van der Waals surface area contributed by atoms with Crippen molar-refractivity contribution < 1.29 is 18.0 Å².